The summed E-state index contributed by atoms with van der Waals surface area (Å²) < 4.78 is 0. The van der Waals surface area contributed by atoms with Gasteiger partial charge in [-0.15, -0.1) is 0 Å². The third-order valence-electron chi connectivity index (χ3n) is 3.80. The quantitative estimate of drug-likeness (QED) is 0.768. The van der Waals surface area contributed by atoms with Crippen molar-refractivity contribution >= 4 is 0 Å². The SMILES string of the molecule is CCNC(c1c(C)cccc1C)C(CC)CC. The van der Waals surface area contributed by atoms with E-state index in [4.69, 9.17) is 0 Å². The van der Waals surface area contributed by atoms with E-state index in [0.717, 1.165) is 12.5 Å². The fourth-order valence-corrected chi connectivity index (χ4v) is 2.80. The van der Waals surface area contributed by atoms with Crippen molar-refractivity contribution in [2.24, 2.45) is 5.92 Å². The fraction of sp³-hybridized carbons (Fsp3) is 0.625. The van der Waals surface area contributed by atoms with Gasteiger partial charge in [-0.25, -0.2) is 0 Å². The molecular weight excluding hydrogens is 206 g/mol. The maximum absolute atomic E-state index is 3.68. The van der Waals surface area contributed by atoms with Crippen molar-refractivity contribution in [1.82, 2.24) is 5.32 Å². The number of rotatable bonds is 6. The normalized spacial score (nSPS) is 13.1. The molecule has 1 atom stereocenters. The number of hydrogen-bond donors (Lipinski definition) is 1. The van der Waals surface area contributed by atoms with Crippen LogP contribution in [0.4, 0.5) is 0 Å². The van der Waals surface area contributed by atoms with Crippen LogP contribution in [0.15, 0.2) is 18.2 Å². The minimum absolute atomic E-state index is 0.510. The monoisotopic (exact) mass is 233 g/mol. The molecule has 0 spiro atoms. The molecule has 0 saturated heterocycles. The molecule has 1 rings (SSSR count). The summed E-state index contributed by atoms with van der Waals surface area (Å²) >= 11 is 0. The van der Waals surface area contributed by atoms with Crippen molar-refractivity contribution in [2.75, 3.05) is 6.54 Å². The zero-order valence-electron chi connectivity index (χ0n) is 12.0. The summed E-state index contributed by atoms with van der Waals surface area (Å²) in [4.78, 5) is 0. The van der Waals surface area contributed by atoms with Gasteiger partial charge in [0.25, 0.3) is 0 Å². The zero-order valence-corrected chi connectivity index (χ0v) is 12.0. The lowest BCUT2D eigenvalue weighted by molar-refractivity contribution is 0.344. The molecule has 1 aromatic carbocycles. The number of hydrogen-bond acceptors (Lipinski definition) is 1. The molecule has 1 nitrogen and oxygen atoms in total. The summed E-state index contributed by atoms with van der Waals surface area (Å²) in [5.41, 5.74) is 4.36. The number of aryl methyl sites for hydroxylation is 2. The Hall–Kier alpha value is -0.820. The van der Waals surface area contributed by atoms with Crippen LogP contribution in [0.2, 0.25) is 0 Å². The highest BCUT2D eigenvalue weighted by Gasteiger charge is 2.22. The largest absolute Gasteiger partial charge is 0.310 e. The second kappa shape index (κ2) is 6.80. The second-order valence-electron chi connectivity index (χ2n) is 4.92. The summed E-state index contributed by atoms with van der Waals surface area (Å²) in [6.45, 7) is 12.3. The van der Waals surface area contributed by atoms with Crippen molar-refractivity contribution in [3.8, 4) is 0 Å². The summed E-state index contributed by atoms with van der Waals surface area (Å²) in [6.07, 6.45) is 2.48. The first-order valence-electron chi connectivity index (χ1n) is 6.95. The highest BCUT2D eigenvalue weighted by atomic mass is 14.9. The van der Waals surface area contributed by atoms with E-state index < -0.39 is 0 Å². The van der Waals surface area contributed by atoms with E-state index in [1.807, 2.05) is 0 Å². The van der Waals surface area contributed by atoms with Crippen LogP contribution in [0, 0.1) is 19.8 Å². The average Bonchev–Trinajstić information content (AvgIpc) is 2.30. The molecule has 0 fully saturated rings. The van der Waals surface area contributed by atoms with Crippen LogP contribution in [0.1, 0.15) is 56.3 Å². The van der Waals surface area contributed by atoms with E-state index in [2.05, 4.69) is 58.1 Å². The van der Waals surface area contributed by atoms with E-state index in [-0.39, 0.29) is 0 Å². The summed E-state index contributed by atoms with van der Waals surface area (Å²) in [7, 11) is 0. The van der Waals surface area contributed by atoms with Crippen molar-refractivity contribution in [1.29, 1.82) is 0 Å². The van der Waals surface area contributed by atoms with Gasteiger partial charge in [0.1, 0.15) is 0 Å². The molecule has 17 heavy (non-hydrogen) atoms. The van der Waals surface area contributed by atoms with Crippen molar-refractivity contribution in [3.63, 3.8) is 0 Å². The minimum Gasteiger partial charge on any atom is -0.310 e. The van der Waals surface area contributed by atoms with Crippen LogP contribution in [0.5, 0.6) is 0 Å². The molecule has 0 aliphatic heterocycles. The van der Waals surface area contributed by atoms with E-state index in [1.54, 1.807) is 0 Å². The van der Waals surface area contributed by atoms with Crippen molar-refractivity contribution in [3.05, 3.63) is 34.9 Å². The number of nitrogens with one attached hydrogen (secondary N) is 1. The lowest BCUT2D eigenvalue weighted by atomic mass is 9.84. The van der Waals surface area contributed by atoms with Gasteiger partial charge < -0.3 is 5.32 Å². The van der Waals surface area contributed by atoms with Gasteiger partial charge in [-0.1, -0.05) is 51.8 Å². The van der Waals surface area contributed by atoms with Gasteiger partial charge >= 0.3 is 0 Å². The molecule has 1 aromatic rings. The Labute approximate surface area is 107 Å². The van der Waals surface area contributed by atoms with Crippen LogP contribution in [-0.2, 0) is 0 Å². The maximum atomic E-state index is 3.68. The Morgan fingerprint density at radius 1 is 1.00 bits per heavy atom. The Kier molecular flexibility index (Phi) is 5.70. The molecule has 0 bridgehead atoms. The molecule has 0 radical (unpaired) electrons. The molecule has 0 aromatic heterocycles. The van der Waals surface area contributed by atoms with Gasteiger partial charge in [0.15, 0.2) is 0 Å². The standard InChI is InChI=1S/C16H27N/c1-6-14(7-2)16(17-8-3)15-12(4)10-9-11-13(15)5/h9-11,14,16-17H,6-8H2,1-5H3. The van der Waals surface area contributed by atoms with E-state index >= 15 is 0 Å². The minimum atomic E-state index is 0.510. The molecule has 0 aliphatic rings. The molecule has 0 heterocycles. The predicted molar refractivity (Wildman–Crippen MR) is 76.4 cm³/mol. The third-order valence-corrected chi connectivity index (χ3v) is 3.80. The van der Waals surface area contributed by atoms with Gasteiger partial charge in [0.05, 0.1) is 0 Å². The second-order valence-corrected chi connectivity index (χ2v) is 4.92. The van der Waals surface area contributed by atoms with Crippen LogP contribution < -0.4 is 5.32 Å². The van der Waals surface area contributed by atoms with Crippen molar-refractivity contribution < 1.29 is 0 Å². The smallest absolute Gasteiger partial charge is 0.0353 e. The summed E-state index contributed by atoms with van der Waals surface area (Å²) in [5, 5.41) is 3.68. The Morgan fingerprint density at radius 3 is 1.94 bits per heavy atom. The zero-order chi connectivity index (χ0) is 12.8. The molecule has 1 heteroatoms. The summed E-state index contributed by atoms with van der Waals surface area (Å²) in [6, 6.07) is 7.13. The molecule has 1 unspecified atom stereocenters. The van der Waals surface area contributed by atoms with Gasteiger partial charge in [-0.2, -0.15) is 0 Å². The molecule has 0 amide bonds. The van der Waals surface area contributed by atoms with Crippen LogP contribution in [0.3, 0.4) is 0 Å². The van der Waals surface area contributed by atoms with Crippen LogP contribution >= 0.6 is 0 Å². The van der Waals surface area contributed by atoms with E-state index in [1.165, 1.54) is 29.5 Å². The van der Waals surface area contributed by atoms with Crippen LogP contribution in [-0.4, -0.2) is 6.54 Å². The maximum Gasteiger partial charge on any atom is 0.0353 e. The average molecular weight is 233 g/mol. The third kappa shape index (κ3) is 3.32. The van der Waals surface area contributed by atoms with Crippen molar-refractivity contribution in [2.45, 2.75) is 53.5 Å². The lowest BCUT2D eigenvalue weighted by Gasteiger charge is -2.29. The first-order valence-corrected chi connectivity index (χ1v) is 6.95. The molecule has 1 N–H and O–H groups in total. The summed E-state index contributed by atoms with van der Waals surface area (Å²) in [5.74, 6) is 0.731. The molecule has 96 valence electrons. The van der Waals surface area contributed by atoms with E-state index in [0.29, 0.717) is 6.04 Å². The lowest BCUT2D eigenvalue weighted by Crippen LogP contribution is -2.29. The van der Waals surface area contributed by atoms with Crippen LogP contribution in [0.25, 0.3) is 0 Å². The van der Waals surface area contributed by atoms with E-state index in [9.17, 15) is 0 Å². The number of benzene rings is 1. The first kappa shape index (κ1) is 14.2. The molecule has 0 aliphatic carbocycles. The highest BCUT2D eigenvalue weighted by Crippen LogP contribution is 2.31. The predicted octanol–water partition coefficient (Wildman–Crippen LogP) is 4.39. The highest BCUT2D eigenvalue weighted by molar-refractivity contribution is 5.36. The van der Waals surface area contributed by atoms with Gasteiger partial charge in [-0.05, 0) is 43.0 Å². The Morgan fingerprint density at radius 2 is 1.53 bits per heavy atom. The Balaban J connectivity index is 3.12. The van der Waals surface area contributed by atoms with Gasteiger partial charge in [-0.3, -0.25) is 0 Å². The van der Waals surface area contributed by atoms with Gasteiger partial charge in [0.2, 0.25) is 0 Å². The molecule has 0 saturated carbocycles. The van der Waals surface area contributed by atoms with Gasteiger partial charge in [0, 0.05) is 6.04 Å². The fourth-order valence-electron chi connectivity index (χ4n) is 2.80. The molecular formula is C16H27N. The first-order chi connectivity index (χ1) is 8.15. The Bertz CT molecular complexity index is 319. The topological polar surface area (TPSA) is 12.0 Å².